The number of oxime groups is 1. The lowest BCUT2D eigenvalue weighted by molar-refractivity contribution is -0.114. The summed E-state index contributed by atoms with van der Waals surface area (Å²) in [5, 5.41) is 6.39. The van der Waals surface area contributed by atoms with Gasteiger partial charge in [-0.25, -0.2) is 4.98 Å². The smallest absolute Gasteiger partial charge is 0.273 e. The highest BCUT2D eigenvalue weighted by molar-refractivity contribution is 9.10. The van der Waals surface area contributed by atoms with Gasteiger partial charge in [0, 0.05) is 18.8 Å². The van der Waals surface area contributed by atoms with Crippen LogP contribution in [0.4, 0.5) is 0 Å². The Morgan fingerprint density at radius 3 is 2.79 bits per heavy atom. The second-order valence-corrected chi connectivity index (χ2v) is 5.80. The van der Waals surface area contributed by atoms with Gasteiger partial charge >= 0.3 is 0 Å². The Kier molecular flexibility index (Phi) is 6.31. The summed E-state index contributed by atoms with van der Waals surface area (Å²) >= 11 is 3.43. The summed E-state index contributed by atoms with van der Waals surface area (Å²) in [6, 6.07) is 9.28. The third-order valence-electron chi connectivity index (χ3n) is 3.21. The zero-order valence-electron chi connectivity index (χ0n) is 13.7. The van der Waals surface area contributed by atoms with Crippen LogP contribution < -0.4 is 10.1 Å². The molecule has 2 aromatic rings. The summed E-state index contributed by atoms with van der Waals surface area (Å²) in [5.41, 5.74) is 2.66. The number of rotatable bonds is 6. The second kappa shape index (κ2) is 8.44. The number of likely N-dealkylation sites (N-methyl/N-ethyl adjacent to an activating group) is 1. The second-order valence-electron chi connectivity index (χ2n) is 4.95. The third kappa shape index (κ3) is 4.32. The Morgan fingerprint density at radius 2 is 2.12 bits per heavy atom. The molecule has 1 N–H and O–H groups in total. The SMILES string of the molecule is CNC(=O)/C(=N\OC)c1ccccc1COc1ncc(C)cc1Br. The average Bonchev–Trinajstić information content (AvgIpc) is 2.59. The number of carbonyl (C=O) groups is 1. The van der Waals surface area contributed by atoms with E-state index in [2.05, 4.69) is 31.4 Å². The fourth-order valence-electron chi connectivity index (χ4n) is 2.07. The van der Waals surface area contributed by atoms with Crippen molar-refractivity contribution in [3.8, 4) is 5.88 Å². The van der Waals surface area contributed by atoms with Gasteiger partial charge in [0.2, 0.25) is 5.88 Å². The van der Waals surface area contributed by atoms with Crippen LogP contribution in [0.15, 0.2) is 46.2 Å². The Morgan fingerprint density at radius 1 is 1.38 bits per heavy atom. The number of aromatic nitrogens is 1. The molecule has 1 aromatic heterocycles. The van der Waals surface area contributed by atoms with Crippen molar-refractivity contribution in [1.29, 1.82) is 0 Å². The molecule has 0 fully saturated rings. The molecule has 24 heavy (non-hydrogen) atoms. The summed E-state index contributed by atoms with van der Waals surface area (Å²) in [4.78, 5) is 21.1. The van der Waals surface area contributed by atoms with Crippen LogP contribution in [0.5, 0.6) is 5.88 Å². The van der Waals surface area contributed by atoms with Gasteiger partial charge in [-0.1, -0.05) is 29.4 Å². The van der Waals surface area contributed by atoms with E-state index in [4.69, 9.17) is 9.57 Å². The van der Waals surface area contributed by atoms with Crippen molar-refractivity contribution in [2.24, 2.45) is 5.16 Å². The molecule has 126 valence electrons. The number of halogens is 1. The van der Waals surface area contributed by atoms with E-state index in [1.165, 1.54) is 7.11 Å². The minimum Gasteiger partial charge on any atom is -0.472 e. The molecule has 7 heteroatoms. The number of hydrogen-bond acceptors (Lipinski definition) is 5. The van der Waals surface area contributed by atoms with Gasteiger partial charge in [-0.3, -0.25) is 4.79 Å². The zero-order chi connectivity index (χ0) is 17.5. The predicted molar refractivity (Wildman–Crippen MR) is 95.1 cm³/mol. The van der Waals surface area contributed by atoms with E-state index >= 15 is 0 Å². The Labute approximate surface area is 149 Å². The third-order valence-corrected chi connectivity index (χ3v) is 3.77. The van der Waals surface area contributed by atoms with Crippen molar-refractivity contribution in [3.63, 3.8) is 0 Å². The first-order valence-electron chi connectivity index (χ1n) is 7.23. The molecule has 1 heterocycles. The van der Waals surface area contributed by atoms with E-state index in [1.807, 2.05) is 31.2 Å². The van der Waals surface area contributed by atoms with Crippen LogP contribution in [0, 0.1) is 6.92 Å². The van der Waals surface area contributed by atoms with Gasteiger partial charge in [0.1, 0.15) is 13.7 Å². The highest BCUT2D eigenvalue weighted by Crippen LogP contribution is 2.24. The van der Waals surface area contributed by atoms with E-state index < -0.39 is 0 Å². The van der Waals surface area contributed by atoms with Gasteiger partial charge in [-0.15, -0.1) is 0 Å². The molecule has 0 atom stereocenters. The van der Waals surface area contributed by atoms with Crippen molar-refractivity contribution in [2.45, 2.75) is 13.5 Å². The average molecular weight is 392 g/mol. The van der Waals surface area contributed by atoms with Crippen molar-refractivity contribution in [3.05, 3.63) is 57.7 Å². The molecule has 2 rings (SSSR count). The van der Waals surface area contributed by atoms with Crippen LogP contribution in [0.25, 0.3) is 0 Å². The lowest BCUT2D eigenvalue weighted by atomic mass is 10.0. The van der Waals surface area contributed by atoms with Crippen molar-refractivity contribution in [2.75, 3.05) is 14.2 Å². The number of hydrogen-bond donors (Lipinski definition) is 1. The molecule has 1 aromatic carbocycles. The van der Waals surface area contributed by atoms with Crippen LogP contribution in [0.1, 0.15) is 16.7 Å². The number of amides is 1. The van der Waals surface area contributed by atoms with E-state index in [0.29, 0.717) is 11.4 Å². The van der Waals surface area contributed by atoms with Crippen LogP contribution >= 0.6 is 15.9 Å². The van der Waals surface area contributed by atoms with Crippen molar-refractivity contribution in [1.82, 2.24) is 10.3 Å². The minimum atomic E-state index is -0.334. The monoisotopic (exact) mass is 391 g/mol. The predicted octanol–water partition coefficient (Wildman–Crippen LogP) is 2.83. The quantitative estimate of drug-likeness (QED) is 0.606. The molecule has 0 aliphatic carbocycles. The highest BCUT2D eigenvalue weighted by Gasteiger charge is 2.17. The lowest BCUT2D eigenvalue weighted by Crippen LogP contribution is -2.29. The minimum absolute atomic E-state index is 0.190. The molecular formula is C17H18BrN3O3. The largest absolute Gasteiger partial charge is 0.472 e. The van der Waals surface area contributed by atoms with E-state index in [-0.39, 0.29) is 18.2 Å². The molecule has 0 unspecified atom stereocenters. The number of nitrogens with one attached hydrogen (secondary N) is 1. The van der Waals surface area contributed by atoms with Crippen molar-refractivity contribution >= 4 is 27.5 Å². The number of nitrogens with zero attached hydrogens (tertiary/aromatic N) is 2. The van der Waals surface area contributed by atoms with Gasteiger partial charge < -0.3 is 14.9 Å². The molecular weight excluding hydrogens is 374 g/mol. The first kappa shape index (κ1) is 17.9. The Hall–Kier alpha value is -2.41. The summed E-state index contributed by atoms with van der Waals surface area (Å²) in [6.45, 7) is 2.19. The highest BCUT2D eigenvalue weighted by atomic mass is 79.9. The number of aryl methyl sites for hydroxylation is 1. The number of carbonyl (C=O) groups excluding carboxylic acids is 1. The van der Waals surface area contributed by atoms with Crippen LogP contribution in [0.3, 0.4) is 0 Å². The van der Waals surface area contributed by atoms with E-state index in [1.54, 1.807) is 19.3 Å². The van der Waals surface area contributed by atoms with Crippen LogP contribution in [-0.4, -0.2) is 30.8 Å². The summed E-state index contributed by atoms with van der Waals surface area (Å²) in [7, 11) is 2.94. The molecule has 1 amide bonds. The summed E-state index contributed by atoms with van der Waals surface area (Å²) < 4.78 is 6.55. The van der Waals surface area contributed by atoms with Crippen molar-refractivity contribution < 1.29 is 14.4 Å². The van der Waals surface area contributed by atoms with Crippen LogP contribution in [-0.2, 0) is 16.2 Å². The maximum absolute atomic E-state index is 12.0. The molecule has 0 saturated carbocycles. The van der Waals surface area contributed by atoms with E-state index in [9.17, 15) is 4.79 Å². The summed E-state index contributed by atoms with van der Waals surface area (Å²) in [5.74, 6) is 0.152. The normalized spacial score (nSPS) is 11.1. The topological polar surface area (TPSA) is 72.8 Å². The number of benzene rings is 1. The maximum atomic E-state index is 12.0. The molecule has 0 radical (unpaired) electrons. The first-order chi connectivity index (χ1) is 11.6. The molecule has 0 bridgehead atoms. The van der Waals surface area contributed by atoms with Gasteiger partial charge in [0.25, 0.3) is 5.91 Å². The number of pyridine rings is 1. The Bertz CT molecular complexity index is 762. The molecule has 6 nitrogen and oxygen atoms in total. The van der Waals surface area contributed by atoms with Gasteiger partial charge in [0.15, 0.2) is 5.71 Å². The fraction of sp³-hybridized carbons (Fsp3) is 0.235. The molecule has 0 saturated heterocycles. The van der Waals surface area contributed by atoms with Crippen LogP contribution in [0.2, 0.25) is 0 Å². The maximum Gasteiger partial charge on any atom is 0.273 e. The molecule has 0 spiro atoms. The molecule has 0 aliphatic rings. The van der Waals surface area contributed by atoms with E-state index in [0.717, 1.165) is 15.6 Å². The Balaban J connectivity index is 2.28. The van der Waals surface area contributed by atoms with Gasteiger partial charge in [0.05, 0.1) is 4.47 Å². The lowest BCUT2D eigenvalue weighted by Gasteiger charge is -2.12. The zero-order valence-corrected chi connectivity index (χ0v) is 15.3. The fourth-order valence-corrected chi connectivity index (χ4v) is 2.65. The van der Waals surface area contributed by atoms with Gasteiger partial charge in [-0.05, 0) is 40.0 Å². The standard InChI is InChI=1S/C17H18BrN3O3/c1-11-8-14(18)17(20-9-11)24-10-12-6-4-5-7-13(12)15(21-23-3)16(22)19-2/h4-9H,10H2,1-3H3,(H,19,22)/b21-15-. The number of ether oxygens (including phenoxy) is 1. The van der Waals surface area contributed by atoms with Gasteiger partial charge in [-0.2, -0.15) is 0 Å². The first-order valence-corrected chi connectivity index (χ1v) is 8.02. The summed E-state index contributed by atoms with van der Waals surface area (Å²) in [6.07, 6.45) is 1.73. The molecule has 0 aliphatic heterocycles.